The number of ether oxygens (including phenoxy) is 1. The van der Waals surface area contributed by atoms with Gasteiger partial charge in [-0.05, 0) is 80.0 Å². The third kappa shape index (κ3) is 2.70. The van der Waals surface area contributed by atoms with Crippen LogP contribution in [-0.2, 0) is 0 Å². The predicted molar refractivity (Wildman–Crippen MR) is 96.8 cm³/mol. The van der Waals surface area contributed by atoms with Crippen molar-refractivity contribution in [2.45, 2.75) is 38.1 Å². The van der Waals surface area contributed by atoms with E-state index in [-0.39, 0.29) is 5.91 Å². The number of nitrogens with zero attached hydrogens (tertiary/aromatic N) is 1. The molecule has 0 aliphatic heterocycles. The van der Waals surface area contributed by atoms with Gasteiger partial charge in [0.2, 0.25) is 5.76 Å². The summed E-state index contributed by atoms with van der Waals surface area (Å²) >= 11 is 0. The van der Waals surface area contributed by atoms with Crippen molar-refractivity contribution in [3.63, 3.8) is 0 Å². The van der Waals surface area contributed by atoms with E-state index in [1.807, 2.05) is 24.3 Å². The van der Waals surface area contributed by atoms with Crippen LogP contribution in [0.2, 0.25) is 0 Å². The Hall–Kier alpha value is -2.30. The molecule has 2 aromatic rings. The minimum Gasteiger partial charge on any atom is -0.497 e. The standard InChI is InChI=1S/C21H24N2O3/c1-25-17-4-2-14(3-5-17)18-11-19(26-23-18)21(24)22-20-15-7-12-6-13(9-15)10-16(20)8-12/h2-5,11-13,15-16,20H,6-10H2,1H3,(H,22,24). The average Bonchev–Trinajstić information content (AvgIpc) is 3.14. The van der Waals surface area contributed by atoms with E-state index in [0.29, 0.717) is 29.3 Å². The van der Waals surface area contributed by atoms with E-state index in [2.05, 4.69) is 10.5 Å². The first kappa shape index (κ1) is 15.9. The highest BCUT2D eigenvalue weighted by Gasteiger charge is 2.48. The molecule has 136 valence electrons. The van der Waals surface area contributed by atoms with Crippen molar-refractivity contribution in [2.24, 2.45) is 23.7 Å². The Morgan fingerprint density at radius 3 is 2.35 bits per heavy atom. The van der Waals surface area contributed by atoms with Gasteiger partial charge in [0.15, 0.2) is 0 Å². The van der Waals surface area contributed by atoms with Crippen molar-refractivity contribution < 1.29 is 14.1 Å². The number of carbonyl (C=O) groups is 1. The fourth-order valence-electron chi connectivity index (χ4n) is 5.66. The first-order chi connectivity index (χ1) is 12.7. The van der Waals surface area contributed by atoms with Crippen LogP contribution in [-0.4, -0.2) is 24.2 Å². The maximum atomic E-state index is 12.7. The largest absolute Gasteiger partial charge is 0.497 e. The van der Waals surface area contributed by atoms with Crippen LogP contribution in [0.3, 0.4) is 0 Å². The van der Waals surface area contributed by atoms with Crippen molar-refractivity contribution >= 4 is 5.91 Å². The lowest BCUT2D eigenvalue weighted by Gasteiger charge is -2.54. The van der Waals surface area contributed by atoms with Gasteiger partial charge in [-0.3, -0.25) is 4.79 Å². The molecule has 5 heteroatoms. The van der Waals surface area contributed by atoms with Gasteiger partial charge < -0.3 is 14.6 Å². The zero-order valence-electron chi connectivity index (χ0n) is 15.0. The first-order valence-electron chi connectivity index (χ1n) is 9.61. The minimum atomic E-state index is -0.130. The molecule has 0 spiro atoms. The zero-order chi connectivity index (χ0) is 17.7. The SMILES string of the molecule is COc1ccc(-c2cc(C(=O)NC3C4CC5CC(C4)CC3C5)on2)cc1. The van der Waals surface area contributed by atoms with Gasteiger partial charge in [0, 0.05) is 17.7 Å². The zero-order valence-corrected chi connectivity index (χ0v) is 15.0. The van der Waals surface area contributed by atoms with E-state index in [1.54, 1.807) is 13.2 Å². The molecule has 4 bridgehead atoms. The molecule has 4 saturated carbocycles. The summed E-state index contributed by atoms with van der Waals surface area (Å²) in [6.07, 6.45) is 6.55. The van der Waals surface area contributed by atoms with E-state index in [4.69, 9.17) is 9.26 Å². The van der Waals surface area contributed by atoms with Crippen LogP contribution in [0.1, 0.15) is 42.7 Å². The molecule has 1 aromatic carbocycles. The Morgan fingerprint density at radius 2 is 1.73 bits per heavy atom. The molecular formula is C21H24N2O3. The summed E-state index contributed by atoms with van der Waals surface area (Å²) in [6.45, 7) is 0. The molecule has 1 amide bonds. The topological polar surface area (TPSA) is 64.4 Å². The van der Waals surface area contributed by atoms with Crippen LogP contribution in [0.5, 0.6) is 5.75 Å². The van der Waals surface area contributed by atoms with E-state index >= 15 is 0 Å². The second-order valence-electron chi connectivity index (χ2n) is 8.23. The third-order valence-electron chi connectivity index (χ3n) is 6.64. The van der Waals surface area contributed by atoms with Crippen LogP contribution in [0.15, 0.2) is 34.9 Å². The molecule has 5 nitrogen and oxygen atoms in total. The Balaban J connectivity index is 1.30. The number of hydrogen-bond acceptors (Lipinski definition) is 4. The van der Waals surface area contributed by atoms with Gasteiger partial charge in [-0.2, -0.15) is 0 Å². The molecule has 0 atom stereocenters. The van der Waals surface area contributed by atoms with E-state index < -0.39 is 0 Å². The number of hydrogen-bond donors (Lipinski definition) is 1. The smallest absolute Gasteiger partial charge is 0.290 e. The molecule has 1 aromatic heterocycles. The number of amides is 1. The monoisotopic (exact) mass is 352 g/mol. The van der Waals surface area contributed by atoms with Crippen LogP contribution in [0, 0.1) is 23.7 Å². The fraction of sp³-hybridized carbons (Fsp3) is 0.524. The van der Waals surface area contributed by atoms with Crippen LogP contribution in [0.4, 0.5) is 0 Å². The molecule has 4 aliphatic carbocycles. The summed E-state index contributed by atoms with van der Waals surface area (Å²) in [7, 11) is 1.64. The first-order valence-corrected chi connectivity index (χ1v) is 9.61. The van der Waals surface area contributed by atoms with Gasteiger partial charge in [-0.15, -0.1) is 0 Å². The van der Waals surface area contributed by atoms with Gasteiger partial charge in [-0.1, -0.05) is 5.16 Å². The third-order valence-corrected chi connectivity index (χ3v) is 6.64. The normalized spacial score (nSPS) is 31.8. The van der Waals surface area contributed by atoms with Crippen molar-refractivity contribution in [1.29, 1.82) is 0 Å². The highest BCUT2D eigenvalue weighted by atomic mass is 16.5. The minimum absolute atomic E-state index is 0.130. The second-order valence-corrected chi connectivity index (χ2v) is 8.23. The molecule has 4 fully saturated rings. The van der Waals surface area contributed by atoms with Gasteiger partial charge in [0.25, 0.3) is 5.91 Å². The maximum absolute atomic E-state index is 12.7. The van der Waals surface area contributed by atoms with Gasteiger partial charge >= 0.3 is 0 Å². The Bertz CT molecular complexity index is 783. The van der Waals surface area contributed by atoms with E-state index in [0.717, 1.165) is 23.1 Å². The van der Waals surface area contributed by atoms with Crippen LogP contribution < -0.4 is 10.1 Å². The van der Waals surface area contributed by atoms with Crippen molar-refractivity contribution in [1.82, 2.24) is 10.5 Å². The summed E-state index contributed by atoms with van der Waals surface area (Å²) in [5.74, 6) is 4.06. The number of rotatable bonds is 4. The summed E-state index contributed by atoms with van der Waals surface area (Å²) in [4.78, 5) is 12.7. The Labute approximate surface area is 153 Å². The maximum Gasteiger partial charge on any atom is 0.290 e. The molecule has 0 saturated heterocycles. The number of aromatic nitrogens is 1. The molecule has 1 N–H and O–H groups in total. The fourth-order valence-corrected chi connectivity index (χ4v) is 5.66. The van der Waals surface area contributed by atoms with Crippen LogP contribution >= 0.6 is 0 Å². The molecule has 4 aliphatic rings. The number of methoxy groups -OCH3 is 1. The van der Waals surface area contributed by atoms with E-state index in [1.165, 1.54) is 32.1 Å². The van der Waals surface area contributed by atoms with Crippen molar-refractivity contribution in [3.8, 4) is 17.0 Å². The number of carbonyl (C=O) groups excluding carboxylic acids is 1. The summed E-state index contributed by atoms with van der Waals surface area (Å²) in [6, 6.07) is 9.61. The number of benzene rings is 1. The molecular weight excluding hydrogens is 328 g/mol. The summed E-state index contributed by atoms with van der Waals surface area (Å²) < 4.78 is 10.5. The Morgan fingerprint density at radius 1 is 1.08 bits per heavy atom. The van der Waals surface area contributed by atoms with Gasteiger partial charge in [-0.25, -0.2) is 0 Å². The highest BCUT2D eigenvalue weighted by molar-refractivity contribution is 5.92. The van der Waals surface area contributed by atoms with Crippen molar-refractivity contribution in [3.05, 3.63) is 36.1 Å². The highest BCUT2D eigenvalue weighted by Crippen LogP contribution is 2.53. The van der Waals surface area contributed by atoms with Gasteiger partial charge in [0.1, 0.15) is 11.4 Å². The lowest BCUT2D eigenvalue weighted by Crippen LogP contribution is -2.55. The molecule has 1 heterocycles. The average molecular weight is 352 g/mol. The lowest BCUT2D eigenvalue weighted by molar-refractivity contribution is -0.0123. The number of nitrogens with one attached hydrogen (secondary N) is 1. The van der Waals surface area contributed by atoms with Crippen LogP contribution in [0.25, 0.3) is 11.3 Å². The lowest BCUT2D eigenvalue weighted by atomic mass is 9.54. The second kappa shape index (κ2) is 6.15. The Kier molecular flexibility index (Phi) is 3.76. The molecule has 26 heavy (non-hydrogen) atoms. The van der Waals surface area contributed by atoms with Crippen molar-refractivity contribution in [2.75, 3.05) is 7.11 Å². The van der Waals surface area contributed by atoms with E-state index in [9.17, 15) is 4.79 Å². The summed E-state index contributed by atoms with van der Waals surface area (Å²) in [5.41, 5.74) is 1.58. The predicted octanol–water partition coefficient (Wildman–Crippen LogP) is 3.90. The quantitative estimate of drug-likeness (QED) is 0.906. The van der Waals surface area contributed by atoms with Gasteiger partial charge in [0.05, 0.1) is 7.11 Å². The molecule has 0 radical (unpaired) electrons. The summed E-state index contributed by atoms with van der Waals surface area (Å²) in [5, 5.41) is 7.34. The molecule has 6 rings (SSSR count). The molecule has 0 unspecified atom stereocenters.